The molecule has 17 heavy (non-hydrogen) atoms. The van der Waals surface area contributed by atoms with Crippen molar-refractivity contribution in [2.45, 2.75) is 25.0 Å². The molecule has 2 saturated heterocycles. The van der Waals surface area contributed by atoms with Crippen molar-refractivity contribution in [3.05, 3.63) is 23.9 Å². The minimum atomic E-state index is 0.0879. The number of pyridine rings is 1. The van der Waals surface area contributed by atoms with E-state index in [-0.39, 0.29) is 5.84 Å². The van der Waals surface area contributed by atoms with Gasteiger partial charge < -0.3 is 15.4 Å². The second-order valence-electron chi connectivity index (χ2n) is 4.68. The first-order valence-electron chi connectivity index (χ1n) is 5.93. The molecule has 0 radical (unpaired) electrons. The Morgan fingerprint density at radius 2 is 2.12 bits per heavy atom. The maximum absolute atomic E-state index is 7.44. The molecule has 0 aliphatic carbocycles. The number of nitrogens with one attached hydrogen (secondary N) is 1. The van der Waals surface area contributed by atoms with Gasteiger partial charge in [0, 0.05) is 24.8 Å². The number of amidine groups is 1. The summed E-state index contributed by atoms with van der Waals surface area (Å²) in [7, 11) is 0. The van der Waals surface area contributed by atoms with Gasteiger partial charge in [0.05, 0.1) is 12.2 Å². The average Bonchev–Trinajstić information content (AvgIpc) is 2.68. The molecule has 2 unspecified atom stereocenters. The van der Waals surface area contributed by atoms with Gasteiger partial charge in [-0.2, -0.15) is 0 Å². The Labute approximate surface area is 100 Å². The van der Waals surface area contributed by atoms with E-state index >= 15 is 0 Å². The van der Waals surface area contributed by atoms with Crippen molar-refractivity contribution in [1.29, 1.82) is 5.41 Å². The maximum atomic E-state index is 7.44. The van der Waals surface area contributed by atoms with Crippen LogP contribution in [0.5, 0.6) is 0 Å². The van der Waals surface area contributed by atoms with Gasteiger partial charge in [-0.15, -0.1) is 0 Å². The lowest BCUT2D eigenvalue weighted by atomic mass is 10.2. The molecular formula is C12H16N4O. The van der Waals surface area contributed by atoms with Gasteiger partial charge in [0.25, 0.3) is 0 Å². The number of nitrogen functional groups attached to an aromatic ring is 1. The highest BCUT2D eigenvalue weighted by molar-refractivity contribution is 5.95. The molecular weight excluding hydrogens is 216 g/mol. The Hall–Kier alpha value is -1.62. The summed E-state index contributed by atoms with van der Waals surface area (Å²) in [6.07, 6.45) is 4.69. The second-order valence-corrected chi connectivity index (χ2v) is 4.68. The van der Waals surface area contributed by atoms with Crippen molar-refractivity contribution in [2.75, 3.05) is 18.0 Å². The molecule has 3 rings (SSSR count). The van der Waals surface area contributed by atoms with Gasteiger partial charge in [0.15, 0.2) is 0 Å². The SMILES string of the molecule is N=C(N)c1ccnc(N2CC3CCC(C2)O3)c1. The number of hydrogen-bond acceptors (Lipinski definition) is 4. The van der Waals surface area contributed by atoms with Crippen LogP contribution in [0, 0.1) is 5.41 Å². The van der Waals surface area contributed by atoms with Gasteiger partial charge in [-0.05, 0) is 25.0 Å². The standard InChI is InChI=1S/C12H16N4O/c13-12(14)8-3-4-15-11(5-8)16-6-9-1-2-10(7-16)17-9/h3-5,9-10H,1-2,6-7H2,(H3,13,14). The summed E-state index contributed by atoms with van der Waals surface area (Å²) in [6.45, 7) is 1.79. The molecule has 5 heteroatoms. The Bertz CT molecular complexity index is 436. The third-order valence-corrected chi connectivity index (χ3v) is 3.42. The molecule has 0 spiro atoms. The fraction of sp³-hybridized carbons (Fsp3) is 0.500. The van der Waals surface area contributed by atoms with Crippen LogP contribution in [-0.2, 0) is 4.74 Å². The molecule has 1 aromatic heterocycles. The van der Waals surface area contributed by atoms with Crippen molar-refractivity contribution in [3.63, 3.8) is 0 Å². The Morgan fingerprint density at radius 1 is 1.41 bits per heavy atom. The zero-order chi connectivity index (χ0) is 11.8. The molecule has 90 valence electrons. The van der Waals surface area contributed by atoms with Gasteiger partial charge in [-0.1, -0.05) is 0 Å². The normalized spacial score (nSPS) is 27.2. The zero-order valence-corrected chi connectivity index (χ0v) is 9.60. The van der Waals surface area contributed by atoms with Gasteiger partial charge in [-0.3, -0.25) is 5.41 Å². The molecule has 2 atom stereocenters. The summed E-state index contributed by atoms with van der Waals surface area (Å²) >= 11 is 0. The highest BCUT2D eigenvalue weighted by atomic mass is 16.5. The lowest BCUT2D eigenvalue weighted by Crippen LogP contribution is -2.43. The van der Waals surface area contributed by atoms with Crippen LogP contribution in [0.25, 0.3) is 0 Å². The van der Waals surface area contributed by atoms with E-state index in [1.165, 1.54) is 0 Å². The zero-order valence-electron chi connectivity index (χ0n) is 9.60. The molecule has 2 bridgehead atoms. The van der Waals surface area contributed by atoms with E-state index in [9.17, 15) is 0 Å². The molecule has 0 amide bonds. The molecule has 3 heterocycles. The molecule has 2 fully saturated rings. The minimum absolute atomic E-state index is 0.0879. The molecule has 5 nitrogen and oxygen atoms in total. The molecule has 0 aromatic carbocycles. The number of nitrogens with two attached hydrogens (primary N) is 1. The quantitative estimate of drug-likeness (QED) is 0.582. The average molecular weight is 232 g/mol. The van der Waals surface area contributed by atoms with E-state index in [1.807, 2.05) is 6.07 Å². The maximum Gasteiger partial charge on any atom is 0.129 e. The first kappa shape index (κ1) is 10.5. The summed E-state index contributed by atoms with van der Waals surface area (Å²) < 4.78 is 5.79. The summed E-state index contributed by atoms with van der Waals surface area (Å²) in [5.41, 5.74) is 6.22. The summed E-state index contributed by atoms with van der Waals surface area (Å²) in [6, 6.07) is 3.65. The van der Waals surface area contributed by atoms with E-state index in [2.05, 4.69) is 9.88 Å². The molecule has 0 saturated carbocycles. The Morgan fingerprint density at radius 3 is 2.76 bits per heavy atom. The van der Waals surface area contributed by atoms with Crippen LogP contribution in [0.3, 0.4) is 0 Å². The van der Waals surface area contributed by atoms with Crippen LogP contribution in [0.4, 0.5) is 5.82 Å². The summed E-state index contributed by atoms with van der Waals surface area (Å²) in [4.78, 5) is 6.59. The Balaban J connectivity index is 1.84. The summed E-state index contributed by atoms with van der Waals surface area (Å²) in [5, 5.41) is 7.44. The summed E-state index contributed by atoms with van der Waals surface area (Å²) in [5.74, 6) is 0.989. The van der Waals surface area contributed by atoms with Crippen LogP contribution >= 0.6 is 0 Å². The third-order valence-electron chi connectivity index (χ3n) is 3.42. The smallest absolute Gasteiger partial charge is 0.129 e. The number of fused-ring (bicyclic) bond motifs is 2. The van der Waals surface area contributed by atoms with Crippen molar-refractivity contribution in [1.82, 2.24) is 4.98 Å². The highest BCUT2D eigenvalue weighted by Gasteiger charge is 2.34. The number of nitrogens with zero attached hydrogens (tertiary/aromatic N) is 2. The van der Waals surface area contributed by atoms with Crippen LogP contribution in [0.2, 0.25) is 0 Å². The topological polar surface area (TPSA) is 75.2 Å². The molecule has 2 aliphatic rings. The Kier molecular flexibility index (Phi) is 2.48. The second kappa shape index (κ2) is 4.00. The molecule has 2 aliphatic heterocycles. The highest BCUT2D eigenvalue weighted by Crippen LogP contribution is 2.28. The number of morpholine rings is 1. The van der Waals surface area contributed by atoms with Crippen LogP contribution in [0.1, 0.15) is 18.4 Å². The van der Waals surface area contributed by atoms with E-state index < -0.39 is 0 Å². The number of ether oxygens (including phenoxy) is 1. The number of anilines is 1. The lowest BCUT2D eigenvalue weighted by molar-refractivity contribution is 0.0302. The predicted molar refractivity (Wildman–Crippen MR) is 65.4 cm³/mol. The largest absolute Gasteiger partial charge is 0.384 e. The number of aromatic nitrogens is 1. The monoisotopic (exact) mass is 232 g/mol. The first-order chi connectivity index (χ1) is 8.22. The minimum Gasteiger partial charge on any atom is -0.384 e. The van der Waals surface area contributed by atoms with E-state index in [0.29, 0.717) is 12.2 Å². The molecule has 3 N–H and O–H groups in total. The van der Waals surface area contributed by atoms with Gasteiger partial charge in [0.2, 0.25) is 0 Å². The van der Waals surface area contributed by atoms with E-state index in [0.717, 1.165) is 37.3 Å². The fourth-order valence-electron chi connectivity index (χ4n) is 2.56. The van der Waals surface area contributed by atoms with Crippen molar-refractivity contribution < 1.29 is 4.74 Å². The van der Waals surface area contributed by atoms with Crippen LogP contribution in [0.15, 0.2) is 18.3 Å². The van der Waals surface area contributed by atoms with Crippen molar-refractivity contribution in [3.8, 4) is 0 Å². The van der Waals surface area contributed by atoms with Crippen LogP contribution in [-0.4, -0.2) is 36.1 Å². The fourth-order valence-corrected chi connectivity index (χ4v) is 2.56. The number of hydrogen-bond donors (Lipinski definition) is 2. The van der Waals surface area contributed by atoms with E-state index in [4.69, 9.17) is 15.9 Å². The van der Waals surface area contributed by atoms with Crippen LogP contribution < -0.4 is 10.6 Å². The number of rotatable bonds is 2. The van der Waals surface area contributed by atoms with E-state index in [1.54, 1.807) is 12.3 Å². The van der Waals surface area contributed by atoms with Gasteiger partial charge >= 0.3 is 0 Å². The van der Waals surface area contributed by atoms with Crippen molar-refractivity contribution in [2.24, 2.45) is 5.73 Å². The lowest BCUT2D eigenvalue weighted by Gasteiger charge is -2.33. The molecule has 1 aromatic rings. The van der Waals surface area contributed by atoms with Gasteiger partial charge in [0.1, 0.15) is 11.7 Å². The third kappa shape index (κ3) is 1.98. The first-order valence-corrected chi connectivity index (χ1v) is 5.93. The van der Waals surface area contributed by atoms with Crippen molar-refractivity contribution >= 4 is 11.7 Å². The van der Waals surface area contributed by atoms with Gasteiger partial charge in [-0.25, -0.2) is 4.98 Å². The predicted octanol–water partition coefficient (Wildman–Crippen LogP) is 0.733.